The molecule has 0 aromatic rings. The topological polar surface area (TPSA) is 32.7 Å². The molecule has 0 fully saturated rings. The normalized spacial score (nSPS) is 7.71. The molecule has 0 spiro atoms. The van der Waals surface area contributed by atoms with Gasteiger partial charge in [-0.05, 0) is 6.92 Å². The molecule has 3 heteroatoms. The summed E-state index contributed by atoms with van der Waals surface area (Å²) in [5.41, 5.74) is 0.648. The van der Waals surface area contributed by atoms with E-state index in [2.05, 4.69) is 11.9 Å². The van der Waals surface area contributed by atoms with Crippen LogP contribution in [0.4, 0.5) is 0 Å². The fourth-order valence-electron chi connectivity index (χ4n) is 0.0697. The first-order valence-corrected chi connectivity index (χ1v) is 1.91. The molecule has 0 rings (SSSR count). The molecule has 40 valence electrons. The van der Waals surface area contributed by atoms with Crippen molar-refractivity contribution in [1.82, 2.24) is 5.01 Å². The summed E-state index contributed by atoms with van der Waals surface area (Å²) in [5, 5.41) is 3.74. The second-order valence-corrected chi connectivity index (χ2v) is 1.34. The molecule has 0 saturated carbocycles. The van der Waals surface area contributed by atoms with Crippen LogP contribution in [-0.2, 0) is 0 Å². The maximum Gasteiger partial charge on any atom is 0.0568 e. The number of hydrogen-bond donors (Lipinski definition) is 0. The molecular weight excluding hydrogens is 92.1 g/mol. The molecule has 0 N–H and O–H groups in total. The van der Waals surface area contributed by atoms with Gasteiger partial charge in [0.25, 0.3) is 0 Å². The summed E-state index contributed by atoms with van der Waals surface area (Å²) >= 11 is 0. The van der Waals surface area contributed by atoms with Crippen LogP contribution in [0.1, 0.15) is 6.92 Å². The molecule has 0 aliphatic rings. The summed E-state index contributed by atoms with van der Waals surface area (Å²) < 4.78 is 0. The van der Waals surface area contributed by atoms with Gasteiger partial charge in [-0.2, -0.15) is 0 Å². The highest BCUT2D eigenvalue weighted by Gasteiger charge is 1.88. The summed E-state index contributed by atoms with van der Waals surface area (Å²) in [7, 11) is 1.55. The van der Waals surface area contributed by atoms with E-state index in [0.29, 0.717) is 5.70 Å². The monoisotopic (exact) mass is 100 g/mol. The largest absolute Gasteiger partial charge is 0.237 e. The van der Waals surface area contributed by atoms with Gasteiger partial charge >= 0.3 is 0 Å². The Morgan fingerprint density at radius 1 is 1.86 bits per heavy atom. The van der Waals surface area contributed by atoms with E-state index >= 15 is 0 Å². The van der Waals surface area contributed by atoms with Gasteiger partial charge in [-0.25, -0.2) is 5.01 Å². The molecule has 0 aliphatic heterocycles. The first-order chi connectivity index (χ1) is 3.18. The molecular formula is C4H8N2O. The van der Waals surface area contributed by atoms with E-state index in [-0.39, 0.29) is 0 Å². The molecule has 0 aromatic heterocycles. The van der Waals surface area contributed by atoms with Gasteiger partial charge in [0.1, 0.15) is 0 Å². The summed E-state index contributed by atoms with van der Waals surface area (Å²) in [4.78, 5) is 9.56. The number of rotatable bonds is 2. The Balaban J connectivity index is 3.55. The third-order valence-electron chi connectivity index (χ3n) is 0.675. The van der Waals surface area contributed by atoms with Crippen molar-refractivity contribution >= 4 is 0 Å². The van der Waals surface area contributed by atoms with Crippen molar-refractivity contribution < 1.29 is 0 Å². The Kier molecular flexibility index (Phi) is 2.05. The molecule has 0 aliphatic carbocycles. The minimum absolute atomic E-state index is 0.648. The highest BCUT2D eigenvalue weighted by Crippen LogP contribution is 1.92. The fraction of sp³-hybridized carbons (Fsp3) is 0.500. The van der Waals surface area contributed by atoms with E-state index in [1.807, 2.05) is 0 Å². The zero-order chi connectivity index (χ0) is 5.86. The molecule has 0 bridgehead atoms. The van der Waals surface area contributed by atoms with E-state index in [0.717, 1.165) is 0 Å². The van der Waals surface area contributed by atoms with Crippen molar-refractivity contribution in [3.05, 3.63) is 17.2 Å². The van der Waals surface area contributed by atoms with Crippen molar-refractivity contribution in [3.63, 3.8) is 0 Å². The standard InChI is InChI=1S/C4H8N2O/c1-4(2)6(3)5-7/h1H2,2-3H3. The Morgan fingerprint density at radius 3 is 2.29 bits per heavy atom. The zero-order valence-corrected chi connectivity index (χ0v) is 4.51. The summed E-state index contributed by atoms with van der Waals surface area (Å²) in [6.07, 6.45) is 0. The SMILES string of the molecule is C=C(C)N(C)N=O. The van der Waals surface area contributed by atoms with Crippen LogP contribution in [-0.4, -0.2) is 12.1 Å². The number of nitrogens with zero attached hydrogens (tertiary/aromatic N) is 2. The lowest BCUT2D eigenvalue weighted by atomic mass is 10.6. The predicted octanol–water partition coefficient (Wildman–Crippen LogP) is 1.13. The van der Waals surface area contributed by atoms with Crippen molar-refractivity contribution in [1.29, 1.82) is 0 Å². The van der Waals surface area contributed by atoms with Crippen molar-refractivity contribution in [2.24, 2.45) is 5.29 Å². The van der Waals surface area contributed by atoms with E-state index < -0.39 is 0 Å². The third-order valence-corrected chi connectivity index (χ3v) is 0.675. The molecule has 3 nitrogen and oxygen atoms in total. The van der Waals surface area contributed by atoms with Crippen LogP contribution in [0.3, 0.4) is 0 Å². The van der Waals surface area contributed by atoms with Gasteiger partial charge in [0.05, 0.1) is 5.29 Å². The number of nitroso groups, excluding NO2 is 1. The Labute approximate surface area is 42.6 Å². The van der Waals surface area contributed by atoms with Crippen LogP contribution >= 0.6 is 0 Å². The first-order valence-electron chi connectivity index (χ1n) is 1.91. The highest BCUT2D eigenvalue weighted by atomic mass is 16.3. The maximum absolute atomic E-state index is 9.56. The van der Waals surface area contributed by atoms with Crippen LogP contribution in [0, 0.1) is 4.91 Å². The second-order valence-electron chi connectivity index (χ2n) is 1.34. The van der Waals surface area contributed by atoms with E-state index in [4.69, 9.17) is 0 Å². The second kappa shape index (κ2) is 2.34. The van der Waals surface area contributed by atoms with E-state index in [1.165, 1.54) is 5.01 Å². The quantitative estimate of drug-likeness (QED) is 0.385. The molecule has 0 radical (unpaired) electrons. The van der Waals surface area contributed by atoms with Gasteiger partial charge in [0.2, 0.25) is 0 Å². The van der Waals surface area contributed by atoms with Crippen molar-refractivity contribution in [2.75, 3.05) is 7.05 Å². The van der Waals surface area contributed by atoms with Gasteiger partial charge in [-0.15, -0.1) is 4.91 Å². The minimum atomic E-state index is 0.648. The lowest BCUT2D eigenvalue weighted by Crippen LogP contribution is -2.03. The summed E-state index contributed by atoms with van der Waals surface area (Å²) in [6.45, 7) is 5.17. The Morgan fingerprint density at radius 2 is 2.29 bits per heavy atom. The van der Waals surface area contributed by atoms with Crippen LogP contribution in [0.5, 0.6) is 0 Å². The predicted molar refractivity (Wildman–Crippen MR) is 28.4 cm³/mol. The maximum atomic E-state index is 9.56. The average molecular weight is 100 g/mol. The van der Waals surface area contributed by atoms with Crippen molar-refractivity contribution in [2.45, 2.75) is 6.92 Å². The van der Waals surface area contributed by atoms with Gasteiger partial charge in [0, 0.05) is 12.7 Å². The smallest absolute Gasteiger partial charge is 0.0568 e. The van der Waals surface area contributed by atoms with Crippen molar-refractivity contribution in [3.8, 4) is 0 Å². The van der Waals surface area contributed by atoms with Gasteiger partial charge in [-0.1, -0.05) is 6.58 Å². The Hall–Kier alpha value is -0.860. The minimum Gasteiger partial charge on any atom is -0.237 e. The fourth-order valence-corrected chi connectivity index (χ4v) is 0.0697. The highest BCUT2D eigenvalue weighted by molar-refractivity contribution is 4.82. The molecule has 0 unspecified atom stereocenters. The zero-order valence-electron chi connectivity index (χ0n) is 4.51. The lowest BCUT2D eigenvalue weighted by molar-refractivity contribution is 0.443. The molecule has 0 saturated heterocycles. The number of allylic oxidation sites excluding steroid dienone is 1. The first kappa shape index (κ1) is 6.14. The van der Waals surface area contributed by atoms with Gasteiger partial charge in [-0.3, -0.25) is 0 Å². The van der Waals surface area contributed by atoms with E-state index in [1.54, 1.807) is 14.0 Å². The van der Waals surface area contributed by atoms with Crippen LogP contribution < -0.4 is 0 Å². The lowest BCUT2D eigenvalue weighted by Gasteiger charge is -2.03. The average Bonchev–Trinajstić information content (AvgIpc) is 1.65. The van der Waals surface area contributed by atoms with Crippen LogP contribution in [0.2, 0.25) is 0 Å². The molecule has 7 heavy (non-hydrogen) atoms. The molecule has 0 aromatic carbocycles. The third kappa shape index (κ3) is 1.92. The molecule has 0 amide bonds. The summed E-state index contributed by atoms with van der Waals surface area (Å²) in [6, 6.07) is 0. The van der Waals surface area contributed by atoms with E-state index in [9.17, 15) is 4.91 Å². The number of hydrogen-bond acceptors (Lipinski definition) is 2. The van der Waals surface area contributed by atoms with Crippen LogP contribution in [0.25, 0.3) is 0 Å². The van der Waals surface area contributed by atoms with Crippen LogP contribution in [0.15, 0.2) is 17.6 Å². The summed E-state index contributed by atoms with van der Waals surface area (Å²) in [5.74, 6) is 0. The Bertz CT molecular complexity index is 89.7. The van der Waals surface area contributed by atoms with Gasteiger partial charge < -0.3 is 0 Å². The molecule has 0 heterocycles. The molecule has 0 atom stereocenters. The van der Waals surface area contributed by atoms with Gasteiger partial charge in [0.15, 0.2) is 0 Å².